The second-order valence-electron chi connectivity index (χ2n) is 4.07. The number of aliphatic hydroxyl groups excluding tert-OH is 1. The molecule has 0 saturated heterocycles. The van der Waals surface area contributed by atoms with Crippen LogP contribution in [0, 0.1) is 5.82 Å². The predicted molar refractivity (Wildman–Crippen MR) is 70.4 cm³/mol. The number of benzene rings is 1. The number of hydrogen-bond donors (Lipinski definition) is 3. The van der Waals surface area contributed by atoms with Crippen molar-refractivity contribution in [2.24, 2.45) is 0 Å². The summed E-state index contributed by atoms with van der Waals surface area (Å²) in [5, 5.41) is 14.3. The number of halogens is 1. The second-order valence-corrected chi connectivity index (χ2v) is 4.07. The molecule has 0 fully saturated rings. The average Bonchev–Trinajstić information content (AvgIpc) is 2.39. The molecule has 0 aliphatic heterocycles. The van der Waals surface area contributed by atoms with Crippen molar-refractivity contribution in [1.82, 2.24) is 5.32 Å². The number of amides is 1. The standard InChI is InChI=1S/C13H19FN2O3/c1-19-9-10(6-7-17)15-8-13(18)16-12-5-3-2-4-11(12)14/h2-5,10,15,17H,6-9H2,1H3,(H,16,18). The third kappa shape index (κ3) is 5.78. The maximum Gasteiger partial charge on any atom is 0.238 e. The smallest absolute Gasteiger partial charge is 0.238 e. The Morgan fingerprint density at radius 3 is 2.84 bits per heavy atom. The molecule has 0 spiro atoms. The molecular formula is C13H19FN2O3. The van der Waals surface area contributed by atoms with Gasteiger partial charge in [-0.2, -0.15) is 0 Å². The van der Waals surface area contributed by atoms with Crippen molar-refractivity contribution in [3.8, 4) is 0 Å². The first-order chi connectivity index (χ1) is 9.17. The molecule has 3 N–H and O–H groups in total. The molecule has 0 aromatic heterocycles. The Morgan fingerprint density at radius 2 is 2.21 bits per heavy atom. The zero-order valence-electron chi connectivity index (χ0n) is 10.9. The molecule has 0 aliphatic rings. The SMILES string of the molecule is COCC(CCO)NCC(=O)Nc1ccccc1F. The number of rotatable bonds is 8. The molecule has 0 bridgehead atoms. The summed E-state index contributed by atoms with van der Waals surface area (Å²) in [6.07, 6.45) is 0.487. The lowest BCUT2D eigenvalue weighted by atomic mass is 10.2. The largest absolute Gasteiger partial charge is 0.396 e. The first-order valence-corrected chi connectivity index (χ1v) is 6.05. The molecule has 19 heavy (non-hydrogen) atoms. The van der Waals surface area contributed by atoms with Gasteiger partial charge in [-0.05, 0) is 18.6 Å². The van der Waals surface area contributed by atoms with Gasteiger partial charge in [0.15, 0.2) is 0 Å². The summed E-state index contributed by atoms with van der Waals surface area (Å²) in [7, 11) is 1.55. The van der Waals surface area contributed by atoms with Crippen LogP contribution in [0.4, 0.5) is 10.1 Å². The second kappa shape index (κ2) is 8.58. The number of ether oxygens (including phenoxy) is 1. The van der Waals surface area contributed by atoms with E-state index in [1.807, 2.05) is 0 Å². The van der Waals surface area contributed by atoms with Gasteiger partial charge in [0.05, 0.1) is 18.8 Å². The highest BCUT2D eigenvalue weighted by Crippen LogP contribution is 2.11. The molecular weight excluding hydrogens is 251 g/mol. The molecule has 1 rings (SSSR count). The Hall–Kier alpha value is -1.50. The van der Waals surface area contributed by atoms with Crippen LogP contribution in [0.2, 0.25) is 0 Å². The summed E-state index contributed by atoms with van der Waals surface area (Å²) in [5.41, 5.74) is 0.153. The summed E-state index contributed by atoms with van der Waals surface area (Å²) in [6, 6.07) is 5.86. The van der Waals surface area contributed by atoms with Crippen LogP contribution in [0.3, 0.4) is 0 Å². The van der Waals surface area contributed by atoms with Crippen molar-refractivity contribution in [3.05, 3.63) is 30.1 Å². The Balaban J connectivity index is 2.40. The molecule has 1 unspecified atom stereocenters. The highest BCUT2D eigenvalue weighted by molar-refractivity contribution is 5.92. The Labute approximate surface area is 111 Å². The van der Waals surface area contributed by atoms with E-state index < -0.39 is 5.82 Å². The normalized spacial score (nSPS) is 12.2. The minimum absolute atomic E-state index is 0.00988. The number of anilines is 1. The third-order valence-electron chi connectivity index (χ3n) is 2.54. The molecule has 5 nitrogen and oxygen atoms in total. The monoisotopic (exact) mass is 270 g/mol. The van der Waals surface area contributed by atoms with Crippen molar-refractivity contribution in [2.75, 3.05) is 32.2 Å². The van der Waals surface area contributed by atoms with E-state index in [4.69, 9.17) is 9.84 Å². The van der Waals surface area contributed by atoms with Crippen LogP contribution in [0.15, 0.2) is 24.3 Å². The first-order valence-electron chi connectivity index (χ1n) is 6.05. The van der Waals surface area contributed by atoms with Gasteiger partial charge in [-0.1, -0.05) is 12.1 Å². The molecule has 0 saturated carbocycles. The quantitative estimate of drug-likeness (QED) is 0.652. The van der Waals surface area contributed by atoms with E-state index in [0.717, 1.165) is 0 Å². The van der Waals surface area contributed by atoms with E-state index in [0.29, 0.717) is 13.0 Å². The molecule has 1 atom stereocenters. The maximum absolute atomic E-state index is 13.3. The van der Waals surface area contributed by atoms with Crippen molar-refractivity contribution < 1.29 is 19.0 Å². The highest BCUT2D eigenvalue weighted by atomic mass is 19.1. The minimum Gasteiger partial charge on any atom is -0.396 e. The lowest BCUT2D eigenvalue weighted by molar-refractivity contribution is -0.115. The summed E-state index contributed by atoms with van der Waals surface area (Å²) in [5.74, 6) is -0.816. The van der Waals surface area contributed by atoms with Gasteiger partial charge in [-0.15, -0.1) is 0 Å². The van der Waals surface area contributed by atoms with Crippen LogP contribution in [-0.2, 0) is 9.53 Å². The van der Waals surface area contributed by atoms with E-state index in [1.54, 1.807) is 19.2 Å². The van der Waals surface area contributed by atoms with E-state index in [-0.39, 0.29) is 30.8 Å². The molecule has 1 aromatic carbocycles. The lowest BCUT2D eigenvalue weighted by Crippen LogP contribution is -2.39. The number of aliphatic hydroxyl groups is 1. The topological polar surface area (TPSA) is 70.6 Å². The van der Waals surface area contributed by atoms with Gasteiger partial charge in [0.25, 0.3) is 0 Å². The number of nitrogens with one attached hydrogen (secondary N) is 2. The summed E-state index contributed by atoms with van der Waals surface area (Å²) < 4.78 is 18.3. The van der Waals surface area contributed by atoms with E-state index >= 15 is 0 Å². The summed E-state index contributed by atoms with van der Waals surface area (Å²) >= 11 is 0. The van der Waals surface area contributed by atoms with Crippen molar-refractivity contribution in [1.29, 1.82) is 0 Å². The number of carbonyl (C=O) groups is 1. The van der Waals surface area contributed by atoms with Gasteiger partial charge in [0.1, 0.15) is 5.82 Å². The molecule has 0 heterocycles. The Kier molecular flexibility index (Phi) is 7.02. The van der Waals surface area contributed by atoms with Gasteiger partial charge < -0.3 is 20.5 Å². The van der Waals surface area contributed by atoms with Gasteiger partial charge in [-0.3, -0.25) is 4.79 Å². The van der Waals surface area contributed by atoms with Crippen LogP contribution in [-0.4, -0.2) is 43.9 Å². The van der Waals surface area contributed by atoms with E-state index in [1.165, 1.54) is 12.1 Å². The predicted octanol–water partition coefficient (Wildman–Crippen LogP) is 0.751. The fourth-order valence-electron chi connectivity index (χ4n) is 1.60. The van der Waals surface area contributed by atoms with Gasteiger partial charge >= 0.3 is 0 Å². The summed E-state index contributed by atoms with van der Waals surface area (Å²) in [6.45, 7) is 0.436. The zero-order chi connectivity index (χ0) is 14.1. The van der Waals surface area contributed by atoms with Crippen LogP contribution in [0.25, 0.3) is 0 Å². The Morgan fingerprint density at radius 1 is 1.47 bits per heavy atom. The highest BCUT2D eigenvalue weighted by Gasteiger charge is 2.11. The Bertz CT molecular complexity index is 395. The number of hydrogen-bond acceptors (Lipinski definition) is 4. The molecule has 6 heteroatoms. The van der Waals surface area contributed by atoms with Gasteiger partial charge in [0.2, 0.25) is 5.91 Å². The molecule has 0 radical (unpaired) electrons. The van der Waals surface area contributed by atoms with Crippen LogP contribution in [0.5, 0.6) is 0 Å². The first kappa shape index (κ1) is 15.6. The maximum atomic E-state index is 13.3. The van der Waals surface area contributed by atoms with Crippen LogP contribution in [0.1, 0.15) is 6.42 Å². The molecule has 1 aromatic rings. The van der Waals surface area contributed by atoms with E-state index in [2.05, 4.69) is 10.6 Å². The summed E-state index contributed by atoms with van der Waals surface area (Å²) in [4.78, 5) is 11.6. The minimum atomic E-state index is -0.473. The molecule has 106 valence electrons. The van der Waals surface area contributed by atoms with E-state index in [9.17, 15) is 9.18 Å². The van der Waals surface area contributed by atoms with Crippen LogP contribution < -0.4 is 10.6 Å². The number of methoxy groups -OCH3 is 1. The number of para-hydroxylation sites is 1. The van der Waals surface area contributed by atoms with Gasteiger partial charge in [-0.25, -0.2) is 4.39 Å². The third-order valence-corrected chi connectivity index (χ3v) is 2.54. The fourth-order valence-corrected chi connectivity index (χ4v) is 1.60. The zero-order valence-corrected chi connectivity index (χ0v) is 10.9. The average molecular weight is 270 g/mol. The van der Waals surface area contributed by atoms with Crippen molar-refractivity contribution >= 4 is 11.6 Å². The van der Waals surface area contributed by atoms with Gasteiger partial charge in [0, 0.05) is 19.8 Å². The van der Waals surface area contributed by atoms with Crippen molar-refractivity contribution in [3.63, 3.8) is 0 Å². The molecule has 1 amide bonds. The molecule has 0 aliphatic carbocycles. The van der Waals surface area contributed by atoms with Crippen molar-refractivity contribution in [2.45, 2.75) is 12.5 Å². The lowest BCUT2D eigenvalue weighted by Gasteiger charge is -2.16. The van der Waals surface area contributed by atoms with Crippen LogP contribution >= 0.6 is 0 Å². The number of carbonyl (C=O) groups excluding carboxylic acids is 1. The fraction of sp³-hybridized carbons (Fsp3) is 0.462.